The average Bonchev–Trinajstić information content (AvgIpc) is 2.30. The minimum atomic E-state index is -0.412. The molecule has 1 N–H and O–H groups in total. The minimum Gasteiger partial charge on any atom is -0.371 e. The third kappa shape index (κ3) is 3.51. The number of anilines is 1. The zero-order valence-electron chi connectivity index (χ0n) is 9.66. The van der Waals surface area contributed by atoms with Crippen molar-refractivity contribution in [3.05, 3.63) is 29.8 Å². The second-order valence-corrected chi connectivity index (χ2v) is 3.85. The highest BCUT2D eigenvalue weighted by Gasteiger charge is 2.05. The maximum absolute atomic E-state index is 10.9. The zero-order chi connectivity index (χ0) is 12.0. The summed E-state index contributed by atoms with van der Waals surface area (Å²) in [6.45, 7) is 4.93. The fourth-order valence-corrected chi connectivity index (χ4v) is 1.65. The van der Waals surface area contributed by atoms with Gasteiger partial charge in [-0.3, -0.25) is 4.79 Å². The van der Waals surface area contributed by atoms with Gasteiger partial charge in [-0.15, -0.1) is 0 Å². The van der Waals surface area contributed by atoms with Gasteiger partial charge in [-0.1, -0.05) is 0 Å². The smallest absolute Gasteiger partial charge is 0.252 e. The molecule has 0 aliphatic carbocycles. The zero-order valence-corrected chi connectivity index (χ0v) is 10.4. The molecular weight excluding hydrogens is 224 g/mol. The topological polar surface area (TPSA) is 32.3 Å². The van der Waals surface area contributed by atoms with Crippen LogP contribution in [0.5, 0.6) is 0 Å². The number of rotatable bonds is 6. The van der Waals surface area contributed by atoms with E-state index in [4.69, 9.17) is 11.6 Å². The van der Waals surface area contributed by atoms with Gasteiger partial charge in [0.05, 0.1) is 0 Å². The van der Waals surface area contributed by atoms with Crippen molar-refractivity contribution in [2.45, 2.75) is 6.92 Å². The summed E-state index contributed by atoms with van der Waals surface area (Å²) in [5.41, 5.74) is 1.65. The van der Waals surface area contributed by atoms with Crippen LogP contribution in [0.3, 0.4) is 0 Å². The standard InChI is InChI=1S/C12H17ClN2O/c1-3-15(9-8-14-2)11-6-4-10(5-7-11)12(13)16/h4-7,14H,3,8-9H2,1-2H3. The van der Waals surface area contributed by atoms with Gasteiger partial charge in [-0.25, -0.2) is 0 Å². The lowest BCUT2D eigenvalue weighted by Gasteiger charge is -2.23. The number of hydrogen-bond donors (Lipinski definition) is 1. The van der Waals surface area contributed by atoms with E-state index in [0.29, 0.717) is 5.56 Å². The van der Waals surface area contributed by atoms with Gasteiger partial charge in [-0.2, -0.15) is 0 Å². The molecular formula is C12H17ClN2O. The van der Waals surface area contributed by atoms with Crippen molar-refractivity contribution in [3.63, 3.8) is 0 Å². The van der Waals surface area contributed by atoms with Gasteiger partial charge in [0.2, 0.25) is 0 Å². The van der Waals surface area contributed by atoms with Gasteiger partial charge in [0.25, 0.3) is 5.24 Å². The fraction of sp³-hybridized carbons (Fsp3) is 0.417. The second kappa shape index (κ2) is 6.51. The van der Waals surface area contributed by atoms with E-state index in [0.717, 1.165) is 25.3 Å². The van der Waals surface area contributed by atoms with Crippen LogP contribution in [0.2, 0.25) is 0 Å². The number of halogens is 1. The molecule has 0 unspecified atom stereocenters. The summed E-state index contributed by atoms with van der Waals surface area (Å²) in [5.74, 6) is 0. The Kier molecular flexibility index (Phi) is 5.29. The molecule has 0 radical (unpaired) electrons. The predicted octanol–water partition coefficient (Wildman–Crippen LogP) is 2.11. The lowest BCUT2D eigenvalue weighted by atomic mass is 10.2. The molecule has 1 aromatic carbocycles. The molecule has 0 bridgehead atoms. The first kappa shape index (κ1) is 13.0. The van der Waals surface area contributed by atoms with Crippen LogP contribution in [-0.2, 0) is 0 Å². The summed E-state index contributed by atoms with van der Waals surface area (Å²) in [5, 5.41) is 2.70. The highest BCUT2D eigenvalue weighted by atomic mass is 35.5. The number of carbonyl (C=O) groups excluding carboxylic acids is 1. The maximum atomic E-state index is 10.9. The van der Waals surface area contributed by atoms with Crippen molar-refractivity contribution in [2.24, 2.45) is 0 Å². The quantitative estimate of drug-likeness (QED) is 0.773. The molecule has 0 aliphatic rings. The number of likely N-dealkylation sites (N-methyl/N-ethyl adjacent to an activating group) is 2. The van der Waals surface area contributed by atoms with Crippen LogP contribution < -0.4 is 10.2 Å². The van der Waals surface area contributed by atoms with Gasteiger partial charge < -0.3 is 10.2 Å². The fourth-order valence-electron chi connectivity index (χ4n) is 1.52. The van der Waals surface area contributed by atoms with E-state index in [1.165, 1.54) is 0 Å². The Hall–Kier alpha value is -1.06. The second-order valence-electron chi connectivity index (χ2n) is 3.50. The first-order valence-electron chi connectivity index (χ1n) is 5.38. The van der Waals surface area contributed by atoms with Gasteiger partial charge in [0.15, 0.2) is 0 Å². The molecule has 88 valence electrons. The van der Waals surface area contributed by atoms with E-state index < -0.39 is 5.24 Å². The van der Waals surface area contributed by atoms with Crippen molar-refractivity contribution in [2.75, 3.05) is 31.6 Å². The SMILES string of the molecule is CCN(CCNC)c1ccc(C(=O)Cl)cc1. The van der Waals surface area contributed by atoms with E-state index in [1.807, 2.05) is 19.2 Å². The summed E-state index contributed by atoms with van der Waals surface area (Å²) < 4.78 is 0. The molecule has 1 rings (SSSR count). The van der Waals surface area contributed by atoms with Crippen LogP contribution in [0.25, 0.3) is 0 Å². The first-order valence-corrected chi connectivity index (χ1v) is 5.76. The molecule has 4 heteroatoms. The van der Waals surface area contributed by atoms with Crippen molar-refractivity contribution >= 4 is 22.5 Å². The van der Waals surface area contributed by atoms with Crippen LogP contribution >= 0.6 is 11.6 Å². The third-order valence-corrected chi connectivity index (χ3v) is 2.69. The average molecular weight is 241 g/mol. The van der Waals surface area contributed by atoms with Crippen molar-refractivity contribution in [3.8, 4) is 0 Å². The normalized spacial score (nSPS) is 10.2. The number of benzene rings is 1. The number of nitrogens with zero attached hydrogens (tertiary/aromatic N) is 1. The lowest BCUT2D eigenvalue weighted by Crippen LogP contribution is -2.30. The van der Waals surface area contributed by atoms with Crippen molar-refractivity contribution in [1.82, 2.24) is 5.32 Å². The lowest BCUT2D eigenvalue weighted by molar-refractivity contribution is 0.108. The highest BCUT2D eigenvalue weighted by molar-refractivity contribution is 6.67. The molecule has 0 amide bonds. The molecule has 0 aliphatic heterocycles. The molecule has 0 heterocycles. The third-order valence-electron chi connectivity index (χ3n) is 2.47. The Labute approximate surface area is 101 Å². The van der Waals surface area contributed by atoms with Crippen LogP contribution in [0.1, 0.15) is 17.3 Å². The molecule has 0 saturated carbocycles. The Morgan fingerprint density at radius 3 is 2.44 bits per heavy atom. The van der Waals surface area contributed by atoms with E-state index in [1.54, 1.807) is 12.1 Å². The highest BCUT2D eigenvalue weighted by Crippen LogP contribution is 2.15. The van der Waals surface area contributed by atoms with Gasteiger partial charge in [-0.05, 0) is 49.8 Å². The summed E-state index contributed by atoms with van der Waals surface area (Å²) in [4.78, 5) is 13.1. The predicted molar refractivity (Wildman–Crippen MR) is 68.4 cm³/mol. The summed E-state index contributed by atoms with van der Waals surface area (Å²) in [6.07, 6.45) is 0. The summed E-state index contributed by atoms with van der Waals surface area (Å²) in [6, 6.07) is 7.36. The Morgan fingerprint density at radius 2 is 2.00 bits per heavy atom. The molecule has 1 aromatic rings. The van der Waals surface area contributed by atoms with Crippen molar-refractivity contribution in [1.29, 1.82) is 0 Å². The van der Waals surface area contributed by atoms with Gasteiger partial charge in [0, 0.05) is 30.9 Å². The molecule has 16 heavy (non-hydrogen) atoms. The Morgan fingerprint density at radius 1 is 1.38 bits per heavy atom. The van der Waals surface area contributed by atoms with Gasteiger partial charge >= 0.3 is 0 Å². The van der Waals surface area contributed by atoms with Crippen LogP contribution in [0.4, 0.5) is 5.69 Å². The van der Waals surface area contributed by atoms with Crippen LogP contribution in [0, 0.1) is 0 Å². The van der Waals surface area contributed by atoms with Crippen molar-refractivity contribution < 1.29 is 4.79 Å². The molecule has 0 saturated heterocycles. The minimum absolute atomic E-state index is 0.412. The maximum Gasteiger partial charge on any atom is 0.252 e. The monoisotopic (exact) mass is 240 g/mol. The molecule has 0 fully saturated rings. The number of carbonyl (C=O) groups is 1. The molecule has 0 aromatic heterocycles. The van der Waals surface area contributed by atoms with E-state index >= 15 is 0 Å². The molecule has 3 nitrogen and oxygen atoms in total. The van der Waals surface area contributed by atoms with Crippen LogP contribution in [0.15, 0.2) is 24.3 Å². The van der Waals surface area contributed by atoms with E-state index in [-0.39, 0.29) is 0 Å². The van der Waals surface area contributed by atoms with E-state index in [9.17, 15) is 4.79 Å². The van der Waals surface area contributed by atoms with Gasteiger partial charge in [0.1, 0.15) is 0 Å². The largest absolute Gasteiger partial charge is 0.371 e. The van der Waals surface area contributed by atoms with E-state index in [2.05, 4.69) is 17.1 Å². The summed E-state index contributed by atoms with van der Waals surface area (Å²) in [7, 11) is 1.93. The number of hydrogen-bond acceptors (Lipinski definition) is 3. The number of nitrogens with one attached hydrogen (secondary N) is 1. The summed E-state index contributed by atoms with van der Waals surface area (Å²) >= 11 is 5.39. The molecule has 0 atom stereocenters. The first-order chi connectivity index (χ1) is 7.69. The van der Waals surface area contributed by atoms with Crippen LogP contribution in [-0.4, -0.2) is 31.9 Å². The Balaban J connectivity index is 2.74. The Bertz CT molecular complexity index is 337. The molecule has 0 spiro atoms.